The van der Waals surface area contributed by atoms with E-state index in [9.17, 15) is 0 Å². The second-order valence-corrected chi connectivity index (χ2v) is 15.2. The lowest BCUT2D eigenvalue weighted by atomic mass is 9.77. The Balaban J connectivity index is 1.31. The molecule has 1 heterocycles. The van der Waals surface area contributed by atoms with Crippen molar-refractivity contribution in [1.82, 2.24) is 0 Å². The van der Waals surface area contributed by atoms with Crippen LogP contribution in [0.25, 0.3) is 75.8 Å². The summed E-state index contributed by atoms with van der Waals surface area (Å²) in [4.78, 5) is 6.82. The molecule has 2 heteroatoms. The van der Waals surface area contributed by atoms with Crippen molar-refractivity contribution in [3.63, 3.8) is 0 Å². The molecule has 1 atom stereocenters. The van der Waals surface area contributed by atoms with Gasteiger partial charge in [0.05, 0.1) is 11.4 Å². The Bertz CT molecular complexity index is 3220. The van der Waals surface area contributed by atoms with E-state index < -0.39 is 0 Å². The maximum Gasteiger partial charge on any atom is 0.0744 e. The summed E-state index contributed by atoms with van der Waals surface area (Å²) in [6.45, 7) is 2.24. The van der Waals surface area contributed by atoms with Gasteiger partial charge in [0, 0.05) is 32.7 Å². The zero-order chi connectivity index (χ0) is 35.9. The molecule has 0 saturated heterocycles. The van der Waals surface area contributed by atoms with Gasteiger partial charge >= 0.3 is 0 Å². The molecule has 0 saturated carbocycles. The van der Waals surface area contributed by atoms with E-state index in [0.717, 1.165) is 33.7 Å². The third-order valence-electron chi connectivity index (χ3n) is 11.8. The summed E-state index contributed by atoms with van der Waals surface area (Å²) >= 11 is 5.64. The van der Waals surface area contributed by atoms with Gasteiger partial charge < -0.3 is 0 Å². The van der Waals surface area contributed by atoms with Gasteiger partial charge in [-0.15, -0.1) is 12.6 Å². The summed E-state index contributed by atoms with van der Waals surface area (Å²) in [5.74, 6) is 0.0270. The van der Waals surface area contributed by atoms with Crippen LogP contribution in [0.5, 0.6) is 0 Å². The van der Waals surface area contributed by atoms with E-state index in [1.165, 1.54) is 87.1 Å². The highest BCUT2D eigenvalue weighted by Gasteiger charge is 2.31. The maximum atomic E-state index is 5.83. The molecule has 0 amide bonds. The van der Waals surface area contributed by atoms with E-state index in [2.05, 4.69) is 177 Å². The van der Waals surface area contributed by atoms with Crippen LogP contribution in [0.3, 0.4) is 0 Å². The first-order valence-corrected chi connectivity index (χ1v) is 19.2. The molecule has 54 heavy (non-hydrogen) atoms. The van der Waals surface area contributed by atoms with Crippen molar-refractivity contribution in [3.05, 3.63) is 192 Å². The predicted octanol–water partition coefficient (Wildman–Crippen LogP) is 14.3. The third kappa shape index (κ3) is 4.70. The molecule has 0 radical (unpaired) electrons. The summed E-state index contributed by atoms with van der Waals surface area (Å²) < 4.78 is 0. The number of hydrogen-bond donors (Lipinski definition) is 1. The minimum absolute atomic E-state index is 0.0270. The molecule has 254 valence electrons. The van der Waals surface area contributed by atoms with Gasteiger partial charge in [-0.25, -0.2) is 0 Å². The lowest BCUT2D eigenvalue weighted by Crippen LogP contribution is -2.21. The first-order valence-electron chi connectivity index (χ1n) is 18.8. The molecule has 0 spiro atoms. The molecule has 0 N–H and O–H groups in total. The van der Waals surface area contributed by atoms with E-state index in [-0.39, 0.29) is 5.92 Å². The topological polar surface area (TPSA) is 12.4 Å². The Morgan fingerprint density at radius 2 is 1.06 bits per heavy atom. The van der Waals surface area contributed by atoms with Crippen molar-refractivity contribution in [3.8, 4) is 11.1 Å². The minimum atomic E-state index is 0.0270. The maximum absolute atomic E-state index is 5.83. The fourth-order valence-corrected chi connectivity index (χ4v) is 9.79. The Hall–Kier alpha value is -6.22. The van der Waals surface area contributed by atoms with Gasteiger partial charge in [-0.2, -0.15) is 0 Å². The van der Waals surface area contributed by atoms with Crippen molar-refractivity contribution in [2.75, 3.05) is 0 Å². The van der Waals surface area contributed by atoms with Crippen LogP contribution in [-0.4, -0.2) is 5.71 Å². The van der Waals surface area contributed by atoms with Crippen molar-refractivity contribution >= 4 is 88.7 Å². The summed E-state index contributed by atoms with van der Waals surface area (Å²) in [5.41, 5.74) is 9.53. The molecule has 1 aliphatic rings. The van der Waals surface area contributed by atoms with E-state index in [0.29, 0.717) is 0 Å². The molecule has 10 aromatic rings. The van der Waals surface area contributed by atoms with E-state index in [4.69, 9.17) is 17.6 Å². The average Bonchev–Trinajstić information content (AvgIpc) is 3.22. The number of aryl methyl sites for hydroxylation is 1. The number of benzene rings is 10. The first kappa shape index (κ1) is 31.3. The molecule has 1 aliphatic heterocycles. The van der Waals surface area contributed by atoms with Gasteiger partial charge in [0.2, 0.25) is 0 Å². The largest absolute Gasteiger partial charge is 0.251 e. The normalized spacial score (nSPS) is 14.3. The third-order valence-corrected chi connectivity index (χ3v) is 12.2. The van der Waals surface area contributed by atoms with Crippen LogP contribution in [0, 0.1) is 6.92 Å². The highest BCUT2D eigenvalue weighted by Crippen LogP contribution is 2.49. The summed E-state index contributed by atoms with van der Waals surface area (Å²) in [5, 5.41) is 14.7. The van der Waals surface area contributed by atoms with Crippen LogP contribution in [-0.2, 0) is 6.42 Å². The fourth-order valence-electron chi connectivity index (χ4n) is 9.31. The summed E-state index contributed by atoms with van der Waals surface area (Å²) in [6, 6.07) is 62.3. The predicted molar refractivity (Wildman–Crippen MR) is 234 cm³/mol. The van der Waals surface area contributed by atoms with Crippen LogP contribution in [0.2, 0.25) is 0 Å². The van der Waals surface area contributed by atoms with Crippen LogP contribution < -0.4 is 0 Å². The van der Waals surface area contributed by atoms with E-state index >= 15 is 0 Å². The average molecular weight is 706 g/mol. The molecule has 0 aliphatic carbocycles. The van der Waals surface area contributed by atoms with E-state index in [1.54, 1.807) is 0 Å². The van der Waals surface area contributed by atoms with Crippen LogP contribution in [0.4, 0.5) is 5.69 Å². The number of thiol groups is 1. The van der Waals surface area contributed by atoms with E-state index in [1.807, 2.05) is 0 Å². The number of nitrogens with zero attached hydrogens (tertiary/aromatic N) is 1. The second kappa shape index (κ2) is 12.2. The van der Waals surface area contributed by atoms with Crippen molar-refractivity contribution in [2.45, 2.75) is 24.2 Å². The molecule has 10 aromatic carbocycles. The van der Waals surface area contributed by atoms with Gasteiger partial charge in [-0.05, 0) is 102 Å². The Morgan fingerprint density at radius 3 is 1.83 bits per heavy atom. The SMILES string of the molecule is Cc1cc2ccccc2cc1-c1c(S)c2c(C3=Nc4c(ccc5ccccc45)C[C@@H]3c3cccc4ccccc34)cc3ccccc3c2c2ccccc12. The lowest BCUT2D eigenvalue weighted by molar-refractivity contribution is 0.869. The van der Waals surface area contributed by atoms with Gasteiger partial charge in [-0.1, -0.05) is 158 Å². The second-order valence-electron chi connectivity index (χ2n) is 14.8. The number of aliphatic imine (C=N–C) groups is 1. The minimum Gasteiger partial charge on any atom is -0.251 e. The molecule has 0 fully saturated rings. The number of fused-ring (bicyclic) bond motifs is 10. The van der Waals surface area contributed by atoms with Crippen molar-refractivity contribution in [1.29, 1.82) is 0 Å². The monoisotopic (exact) mass is 705 g/mol. The zero-order valence-corrected chi connectivity index (χ0v) is 30.7. The highest BCUT2D eigenvalue weighted by molar-refractivity contribution is 7.80. The van der Waals surface area contributed by atoms with Crippen LogP contribution in [0.15, 0.2) is 180 Å². The Morgan fingerprint density at radius 1 is 0.481 bits per heavy atom. The summed E-state index contributed by atoms with van der Waals surface area (Å²) in [6.07, 6.45) is 0.855. The standard InChI is InChI=1S/C52H35NS/c1-31-27-34-15-2-3-16-35(34)28-44(31)48-43-23-11-10-22-42(43)47-39-20-8-6-17-36(39)29-46(49(47)52(48)54)51-45(41-24-12-18-32-13-4-7-19-38(32)41)30-37-26-25-33-14-5-9-21-40(33)50(37)53-51/h2-29,45,54H,30H2,1H3/t45-/m1/s1. The van der Waals surface area contributed by atoms with Gasteiger partial charge in [-0.3, -0.25) is 4.99 Å². The zero-order valence-electron chi connectivity index (χ0n) is 29.8. The first-order chi connectivity index (χ1) is 26.6. The van der Waals surface area contributed by atoms with Crippen LogP contribution >= 0.6 is 12.6 Å². The van der Waals surface area contributed by atoms with Crippen molar-refractivity contribution in [2.24, 2.45) is 4.99 Å². The molecule has 11 rings (SSSR count). The molecule has 1 nitrogen and oxygen atoms in total. The number of hydrogen-bond acceptors (Lipinski definition) is 2. The highest BCUT2D eigenvalue weighted by atomic mass is 32.1. The quantitative estimate of drug-likeness (QED) is 0.139. The smallest absolute Gasteiger partial charge is 0.0744 e. The van der Waals surface area contributed by atoms with Gasteiger partial charge in [0.1, 0.15) is 0 Å². The molecule has 0 unspecified atom stereocenters. The Labute approximate surface area is 319 Å². The molecule has 0 bridgehead atoms. The Kier molecular flexibility index (Phi) is 7.05. The van der Waals surface area contributed by atoms with Gasteiger partial charge in [0.15, 0.2) is 0 Å². The molecular formula is C52H35NS. The summed E-state index contributed by atoms with van der Waals surface area (Å²) in [7, 11) is 0. The van der Waals surface area contributed by atoms with Crippen LogP contribution in [0.1, 0.15) is 28.2 Å². The van der Waals surface area contributed by atoms with Crippen molar-refractivity contribution < 1.29 is 0 Å². The molecular weight excluding hydrogens is 671 g/mol. The fraction of sp³-hybridized carbons (Fsp3) is 0.0577. The van der Waals surface area contributed by atoms with Gasteiger partial charge in [0.25, 0.3) is 0 Å². The number of rotatable bonds is 3. The molecule has 0 aromatic heterocycles. The lowest BCUT2D eigenvalue weighted by Gasteiger charge is -2.29.